The molecule has 378 valence electrons. The first-order valence-electron chi connectivity index (χ1n) is 27.8. The molecule has 0 atom stereocenters. The van der Waals surface area contributed by atoms with Crippen LogP contribution in [-0.4, -0.2) is 0 Å². The summed E-state index contributed by atoms with van der Waals surface area (Å²) in [6.45, 7) is 32.9. The number of fused-ring (bicyclic) bond motifs is 3. The molecular weight excluding hydrogens is 891 g/mol. The first kappa shape index (κ1) is 51.1. The van der Waals surface area contributed by atoms with Gasteiger partial charge in [-0.05, 0) is 172 Å². The standard InChI is InChI=1S/C73H81N/c1-69(2,3)57-39-52(37-53(40-57)54-38-55(42-58(41-54)70(4,5)6)56-43-59(71(7,8)9)46-60(44-56)72(10,11)12)50-27-23-29-61(45-50)74(62-34-35-65-64-31-18-20-32-66(64)73(13,14)67(65)47-62)68-33-21-19-30-63(68)51-28-22-26-49(36-51)48-24-16-15-17-25-48/h18-23,26-48H,15-17,24-25H2,1-14H3. The van der Waals surface area contributed by atoms with Crippen molar-refractivity contribution in [2.24, 2.45) is 0 Å². The van der Waals surface area contributed by atoms with Gasteiger partial charge in [-0.2, -0.15) is 0 Å². The molecule has 0 aliphatic heterocycles. The van der Waals surface area contributed by atoms with Crippen LogP contribution >= 0.6 is 0 Å². The summed E-state index contributed by atoms with van der Waals surface area (Å²) in [5, 5.41) is 0. The zero-order chi connectivity index (χ0) is 52.5. The van der Waals surface area contributed by atoms with Crippen LogP contribution in [0.4, 0.5) is 17.1 Å². The molecule has 0 aromatic heterocycles. The van der Waals surface area contributed by atoms with E-state index in [-0.39, 0.29) is 27.1 Å². The Hall–Kier alpha value is -6.44. The molecule has 0 amide bonds. The van der Waals surface area contributed by atoms with Gasteiger partial charge in [0, 0.05) is 22.4 Å². The second-order valence-corrected chi connectivity index (χ2v) is 26.7. The summed E-state index contributed by atoms with van der Waals surface area (Å²) in [5.41, 5.74) is 25.6. The zero-order valence-corrected chi connectivity index (χ0v) is 47.2. The fraction of sp³-hybridized carbons (Fsp3) is 0.342. The third kappa shape index (κ3) is 10.1. The largest absolute Gasteiger partial charge is 0.310 e. The van der Waals surface area contributed by atoms with E-state index < -0.39 is 0 Å². The van der Waals surface area contributed by atoms with E-state index in [1.54, 1.807) is 0 Å². The van der Waals surface area contributed by atoms with Crippen LogP contribution in [0.15, 0.2) is 170 Å². The molecule has 0 saturated heterocycles. The maximum absolute atomic E-state index is 2.54. The Kier molecular flexibility index (Phi) is 13.1. The topological polar surface area (TPSA) is 3.24 Å². The van der Waals surface area contributed by atoms with Gasteiger partial charge in [0.25, 0.3) is 0 Å². The van der Waals surface area contributed by atoms with Gasteiger partial charge in [0.05, 0.1) is 5.69 Å². The van der Waals surface area contributed by atoms with Gasteiger partial charge in [-0.1, -0.05) is 244 Å². The van der Waals surface area contributed by atoms with Gasteiger partial charge in [0.1, 0.15) is 0 Å². The van der Waals surface area contributed by atoms with Gasteiger partial charge in [0.2, 0.25) is 0 Å². The Morgan fingerprint density at radius 3 is 1.39 bits per heavy atom. The van der Waals surface area contributed by atoms with E-state index in [1.165, 1.54) is 138 Å². The normalized spacial score (nSPS) is 14.9. The molecule has 1 fully saturated rings. The van der Waals surface area contributed by atoms with E-state index >= 15 is 0 Å². The maximum Gasteiger partial charge on any atom is 0.0540 e. The van der Waals surface area contributed by atoms with E-state index in [9.17, 15) is 0 Å². The van der Waals surface area contributed by atoms with Crippen LogP contribution in [0.3, 0.4) is 0 Å². The highest BCUT2D eigenvalue weighted by atomic mass is 15.1. The van der Waals surface area contributed by atoms with Gasteiger partial charge in [-0.15, -0.1) is 0 Å². The van der Waals surface area contributed by atoms with Crippen LogP contribution in [0.2, 0.25) is 0 Å². The van der Waals surface area contributed by atoms with Crippen molar-refractivity contribution in [2.45, 2.75) is 162 Å². The summed E-state index contributed by atoms with van der Waals surface area (Å²) in [5.74, 6) is 0.626. The molecule has 0 N–H and O–H groups in total. The molecule has 0 bridgehead atoms. The second-order valence-electron chi connectivity index (χ2n) is 26.7. The highest BCUT2D eigenvalue weighted by Crippen LogP contribution is 2.52. The average Bonchev–Trinajstić information content (AvgIpc) is 3.60. The van der Waals surface area contributed by atoms with E-state index in [4.69, 9.17) is 0 Å². The fourth-order valence-corrected chi connectivity index (χ4v) is 11.8. The van der Waals surface area contributed by atoms with Gasteiger partial charge in [-0.25, -0.2) is 0 Å². The van der Waals surface area contributed by atoms with Crippen molar-refractivity contribution < 1.29 is 0 Å². The minimum absolute atomic E-state index is 0.0191. The molecular formula is C73H81N. The third-order valence-corrected chi connectivity index (χ3v) is 16.6. The number of nitrogens with zero attached hydrogens (tertiary/aromatic N) is 1. The van der Waals surface area contributed by atoms with Gasteiger partial charge >= 0.3 is 0 Å². The number of hydrogen-bond acceptors (Lipinski definition) is 1. The molecule has 8 aromatic rings. The minimum atomic E-state index is -0.137. The second kappa shape index (κ2) is 19.0. The molecule has 2 aliphatic carbocycles. The Morgan fingerprint density at radius 2 is 0.811 bits per heavy atom. The van der Waals surface area contributed by atoms with Crippen LogP contribution in [0.25, 0.3) is 55.6 Å². The maximum atomic E-state index is 2.54. The van der Waals surface area contributed by atoms with Crippen LogP contribution in [0.5, 0.6) is 0 Å². The molecule has 8 aromatic carbocycles. The quantitative estimate of drug-likeness (QED) is 0.147. The number of hydrogen-bond donors (Lipinski definition) is 0. The highest BCUT2D eigenvalue weighted by molar-refractivity contribution is 5.92. The molecule has 1 nitrogen and oxygen atoms in total. The van der Waals surface area contributed by atoms with Gasteiger partial charge < -0.3 is 4.90 Å². The summed E-state index contributed by atoms with van der Waals surface area (Å²) < 4.78 is 0. The Labute approximate surface area is 446 Å². The summed E-state index contributed by atoms with van der Waals surface area (Å²) in [6, 6.07) is 66.2. The number of anilines is 3. The lowest BCUT2D eigenvalue weighted by molar-refractivity contribution is 0.444. The van der Waals surface area contributed by atoms with Crippen molar-refractivity contribution in [3.05, 3.63) is 209 Å². The van der Waals surface area contributed by atoms with Crippen LogP contribution in [0, 0.1) is 0 Å². The monoisotopic (exact) mass is 972 g/mol. The third-order valence-electron chi connectivity index (χ3n) is 16.6. The van der Waals surface area contributed by atoms with E-state index in [0.29, 0.717) is 5.92 Å². The van der Waals surface area contributed by atoms with Crippen LogP contribution < -0.4 is 4.90 Å². The highest BCUT2D eigenvalue weighted by Gasteiger charge is 2.36. The zero-order valence-electron chi connectivity index (χ0n) is 47.2. The lowest BCUT2D eigenvalue weighted by atomic mass is 9.77. The Balaban J connectivity index is 1.15. The number of benzene rings is 8. The first-order valence-corrected chi connectivity index (χ1v) is 27.8. The molecule has 2 aliphatic rings. The predicted molar refractivity (Wildman–Crippen MR) is 321 cm³/mol. The summed E-state index contributed by atoms with van der Waals surface area (Å²) >= 11 is 0. The van der Waals surface area contributed by atoms with Crippen LogP contribution in [0.1, 0.15) is 174 Å². The molecule has 0 heterocycles. The molecule has 1 heteroatoms. The molecule has 74 heavy (non-hydrogen) atoms. The van der Waals surface area contributed by atoms with Crippen molar-refractivity contribution in [3.63, 3.8) is 0 Å². The van der Waals surface area contributed by atoms with Crippen molar-refractivity contribution in [1.82, 2.24) is 0 Å². The van der Waals surface area contributed by atoms with E-state index in [1.807, 2.05) is 0 Å². The number of para-hydroxylation sites is 1. The molecule has 0 radical (unpaired) electrons. The Morgan fingerprint density at radius 1 is 0.351 bits per heavy atom. The smallest absolute Gasteiger partial charge is 0.0540 e. The van der Waals surface area contributed by atoms with Crippen LogP contribution in [-0.2, 0) is 27.1 Å². The first-order chi connectivity index (χ1) is 34.9. The van der Waals surface area contributed by atoms with Gasteiger partial charge in [-0.3, -0.25) is 0 Å². The SMILES string of the molecule is CC(C)(C)c1cc(-c2cccc(N(c3ccc4c(c3)C(C)(C)c3ccccc3-4)c3ccccc3-c3cccc(C4CCCCC4)c3)c2)cc(-c2cc(-c3cc(C(C)(C)C)cc(C(C)(C)C)c3)cc(C(C)(C)C)c2)c1. The fourth-order valence-electron chi connectivity index (χ4n) is 11.8. The molecule has 0 spiro atoms. The van der Waals surface area contributed by atoms with Crippen molar-refractivity contribution in [2.75, 3.05) is 4.90 Å². The Bertz CT molecular complexity index is 3340. The average molecular weight is 972 g/mol. The van der Waals surface area contributed by atoms with Crippen molar-refractivity contribution in [1.29, 1.82) is 0 Å². The predicted octanol–water partition coefficient (Wildman–Crippen LogP) is 21.4. The van der Waals surface area contributed by atoms with Gasteiger partial charge in [0.15, 0.2) is 0 Å². The molecule has 10 rings (SSSR count). The summed E-state index contributed by atoms with van der Waals surface area (Å²) in [4.78, 5) is 2.54. The van der Waals surface area contributed by atoms with Crippen molar-refractivity contribution >= 4 is 17.1 Å². The lowest BCUT2D eigenvalue weighted by Gasteiger charge is -2.30. The van der Waals surface area contributed by atoms with Crippen molar-refractivity contribution in [3.8, 4) is 55.6 Å². The van der Waals surface area contributed by atoms with E-state index in [0.717, 1.165) is 5.69 Å². The summed E-state index contributed by atoms with van der Waals surface area (Å²) in [6.07, 6.45) is 6.56. The summed E-state index contributed by atoms with van der Waals surface area (Å²) in [7, 11) is 0. The molecule has 1 saturated carbocycles. The lowest BCUT2D eigenvalue weighted by Crippen LogP contribution is -2.17. The number of rotatable bonds is 8. The molecule has 0 unspecified atom stereocenters. The minimum Gasteiger partial charge on any atom is -0.310 e. The van der Waals surface area contributed by atoms with E-state index in [2.05, 4.69) is 272 Å².